The molecule has 5 nitrogen and oxygen atoms in total. The molecule has 20 heavy (non-hydrogen) atoms. The first-order chi connectivity index (χ1) is 9.40. The minimum absolute atomic E-state index is 0.272. The Balaban J connectivity index is 2.36. The minimum atomic E-state index is -4.17. The average molecular weight is 291 g/mol. The first-order valence-electron chi connectivity index (χ1n) is 6.47. The van der Waals surface area contributed by atoms with Gasteiger partial charge in [0.15, 0.2) is 5.96 Å². The van der Waals surface area contributed by atoms with Crippen LogP contribution in [0.15, 0.2) is 17.4 Å². The van der Waals surface area contributed by atoms with E-state index in [1.165, 1.54) is 0 Å². The van der Waals surface area contributed by atoms with Crippen molar-refractivity contribution in [2.45, 2.75) is 25.9 Å². The molecule has 1 rings (SSSR count). The van der Waals surface area contributed by atoms with Crippen LogP contribution in [0.4, 0.5) is 13.2 Å². The number of rotatable bonds is 6. The number of alkyl halides is 3. The van der Waals surface area contributed by atoms with Crippen LogP contribution < -0.4 is 10.6 Å². The van der Waals surface area contributed by atoms with E-state index >= 15 is 0 Å². The Morgan fingerprint density at radius 1 is 1.40 bits per heavy atom. The Morgan fingerprint density at radius 2 is 2.15 bits per heavy atom. The van der Waals surface area contributed by atoms with Gasteiger partial charge in [0.05, 0.1) is 19.2 Å². The molecule has 0 bridgehead atoms. The van der Waals surface area contributed by atoms with Crippen LogP contribution in [0.5, 0.6) is 0 Å². The highest BCUT2D eigenvalue weighted by Gasteiger charge is 2.26. The lowest BCUT2D eigenvalue weighted by atomic mass is 10.2. The number of guanidine groups is 1. The Morgan fingerprint density at radius 3 is 2.70 bits per heavy atom. The van der Waals surface area contributed by atoms with Crippen LogP contribution >= 0.6 is 0 Å². The second-order valence-electron chi connectivity index (χ2n) is 4.32. The van der Waals surface area contributed by atoms with Gasteiger partial charge in [0.25, 0.3) is 0 Å². The van der Waals surface area contributed by atoms with Crippen molar-refractivity contribution in [3.8, 4) is 0 Å². The van der Waals surface area contributed by atoms with E-state index in [0.717, 1.165) is 12.0 Å². The number of halogens is 3. The van der Waals surface area contributed by atoms with Crippen LogP contribution in [0.2, 0.25) is 0 Å². The third kappa shape index (κ3) is 7.01. The minimum Gasteiger partial charge on any atom is -0.357 e. The van der Waals surface area contributed by atoms with E-state index in [0.29, 0.717) is 19.0 Å². The van der Waals surface area contributed by atoms with Crippen molar-refractivity contribution in [2.24, 2.45) is 12.0 Å². The molecule has 0 saturated heterocycles. The molecule has 1 aromatic rings. The van der Waals surface area contributed by atoms with Gasteiger partial charge < -0.3 is 10.6 Å². The first kappa shape index (κ1) is 16.3. The number of aryl methyl sites for hydroxylation is 1. The maximum absolute atomic E-state index is 12.0. The summed E-state index contributed by atoms with van der Waals surface area (Å²) in [4.78, 5) is 3.89. The summed E-state index contributed by atoms with van der Waals surface area (Å²) in [7, 11) is 1.83. The Bertz CT molecular complexity index is 425. The molecule has 8 heteroatoms. The monoisotopic (exact) mass is 291 g/mol. The third-order valence-electron chi connectivity index (χ3n) is 2.47. The van der Waals surface area contributed by atoms with Crippen molar-refractivity contribution in [2.75, 3.05) is 19.6 Å². The second kappa shape index (κ2) is 7.76. The summed E-state index contributed by atoms with van der Waals surface area (Å²) in [6.07, 6.45) is -0.689. The zero-order valence-electron chi connectivity index (χ0n) is 11.7. The summed E-state index contributed by atoms with van der Waals surface area (Å²) in [5.74, 6) is 0.403. The third-order valence-corrected chi connectivity index (χ3v) is 2.47. The van der Waals surface area contributed by atoms with Crippen molar-refractivity contribution < 1.29 is 13.2 Å². The molecule has 0 atom stereocenters. The summed E-state index contributed by atoms with van der Waals surface area (Å²) in [6, 6.07) is 0. The molecule has 0 saturated carbocycles. The summed E-state index contributed by atoms with van der Waals surface area (Å²) in [6.45, 7) is 2.78. The maximum atomic E-state index is 12.0. The highest BCUT2D eigenvalue weighted by Crippen LogP contribution is 2.18. The lowest BCUT2D eigenvalue weighted by molar-refractivity contribution is -0.132. The van der Waals surface area contributed by atoms with E-state index in [1.807, 2.05) is 20.2 Å². The van der Waals surface area contributed by atoms with E-state index < -0.39 is 12.6 Å². The number of aromatic nitrogens is 2. The van der Waals surface area contributed by atoms with Gasteiger partial charge >= 0.3 is 6.18 Å². The zero-order valence-corrected chi connectivity index (χ0v) is 11.7. The quantitative estimate of drug-likeness (QED) is 0.616. The molecular weight excluding hydrogens is 271 g/mol. The molecule has 0 aliphatic carbocycles. The number of nitrogens with one attached hydrogen (secondary N) is 2. The van der Waals surface area contributed by atoms with Gasteiger partial charge in [-0.15, -0.1) is 0 Å². The lowest BCUT2D eigenvalue weighted by Gasteiger charge is -2.11. The van der Waals surface area contributed by atoms with Crippen molar-refractivity contribution in [1.29, 1.82) is 0 Å². The zero-order chi connectivity index (χ0) is 15.0. The van der Waals surface area contributed by atoms with Crippen molar-refractivity contribution in [1.82, 2.24) is 20.4 Å². The topological polar surface area (TPSA) is 54.2 Å². The van der Waals surface area contributed by atoms with Crippen LogP contribution in [0.3, 0.4) is 0 Å². The molecule has 0 aliphatic heterocycles. The summed E-state index contributed by atoms with van der Waals surface area (Å²) in [5.41, 5.74) is 1.06. The molecule has 0 spiro atoms. The number of aliphatic imine (C=N–C) groups is 1. The standard InChI is InChI=1S/C12H20F3N5/c1-3-16-11(18-7-5-12(13,14)15)17-6-4-10-8-19-20(2)9-10/h8-9H,3-7H2,1-2H3,(H2,16,17,18). The average Bonchev–Trinajstić information content (AvgIpc) is 2.73. The fraction of sp³-hybridized carbons (Fsp3) is 0.667. The predicted molar refractivity (Wildman–Crippen MR) is 71.6 cm³/mol. The van der Waals surface area contributed by atoms with Gasteiger partial charge in [-0.1, -0.05) is 0 Å². The molecule has 0 aliphatic rings. The molecule has 0 aromatic carbocycles. The van der Waals surface area contributed by atoms with E-state index in [9.17, 15) is 13.2 Å². The SMILES string of the molecule is CCNC(=NCCC(F)(F)F)NCCc1cnn(C)c1. The van der Waals surface area contributed by atoms with Crippen molar-refractivity contribution >= 4 is 5.96 Å². The normalized spacial score (nSPS) is 12.6. The number of nitrogens with zero attached hydrogens (tertiary/aromatic N) is 3. The van der Waals surface area contributed by atoms with E-state index in [4.69, 9.17) is 0 Å². The van der Waals surface area contributed by atoms with Gasteiger partial charge in [0, 0.05) is 26.3 Å². The van der Waals surface area contributed by atoms with Crippen LogP contribution in [-0.4, -0.2) is 41.6 Å². The van der Waals surface area contributed by atoms with Gasteiger partial charge in [-0.05, 0) is 18.9 Å². The summed E-state index contributed by atoms with van der Waals surface area (Å²) in [5, 5.41) is 9.96. The molecule has 0 fully saturated rings. The maximum Gasteiger partial charge on any atom is 0.390 e. The van der Waals surface area contributed by atoms with Crippen LogP contribution in [-0.2, 0) is 13.5 Å². The summed E-state index contributed by atoms with van der Waals surface area (Å²) < 4.78 is 37.9. The number of hydrogen-bond acceptors (Lipinski definition) is 2. The van der Waals surface area contributed by atoms with Gasteiger partial charge in [0.2, 0.25) is 0 Å². The summed E-state index contributed by atoms with van der Waals surface area (Å²) >= 11 is 0. The smallest absolute Gasteiger partial charge is 0.357 e. The lowest BCUT2D eigenvalue weighted by Crippen LogP contribution is -2.38. The van der Waals surface area contributed by atoms with Crippen LogP contribution in [0.25, 0.3) is 0 Å². The molecule has 1 heterocycles. The van der Waals surface area contributed by atoms with Crippen molar-refractivity contribution in [3.05, 3.63) is 18.0 Å². The van der Waals surface area contributed by atoms with Crippen LogP contribution in [0, 0.1) is 0 Å². The second-order valence-corrected chi connectivity index (χ2v) is 4.32. The van der Waals surface area contributed by atoms with Gasteiger partial charge in [-0.2, -0.15) is 18.3 Å². The van der Waals surface area contributed by atoms with E-state index in [2.05, 4.69) is 20.7 Å². The fourth-order valence-electron chi connectivity index (χ4n) is 1.56. The fourth-order valence-corrected chi connectivity index (χ4v) is 1.56. The molecular formula is C12H20F3N5. The highest BCUT2D eigenvalue weighted by molar-refractivity contribution is 5.79. The Kier molecular flexibility index (Phi) is 6.33. The van der Waals surface area contributed by atoms with Crippen LogP contribution in [0.1, 0.15) is 18.9 Å². The molecule has 2 N–H and O–H groups in total. The Hall–Kier alpha value is -1.73. The van der Waals surface area contributed by atoms with Gasteiger partial charge in [-0.25, -0.2) is 0 Å². The number of hydrogen-bond donors (Lipinski definition) is 2. The van der Waals surface area contributed by atoms with Crippen molar-refractivity contribution in [3.63, 3.8) is 0 Å². The molecule has 0 radical (unpaired) electrons. The van der Waals surface area contributed by atoms with E-state index in [-0.39, 0.29) is 6.54 Å². The van der Waals surface area contributed by atoms with Gasteiger partial charge in [-0.3, -0.25) is 9.67 Å². The Labute approximate surface area is 116 Å². The molecule has 1 aromatic heterocycles. The van der Waals surface area contributed by atoms with E-state index in [1.54, 1.807) is 10.9 Å². The molecule has 114 valence electrons. The largest absolute Gasteiger partial charge is 0.390 e. The molecule has 0 amide bonds. The molecule has 0 unspecified atom stereocenters. The first-order valence-corrected chi connectivity index (χ1v) is 6.47. The predicted octanol–water partition coefficient (Wildman–Crippen LogP) is 1.47. The van der Waals surface area contributed by atoms with Gasteiger partial charge in [0.1, 0.15) is 0 Å². The highest BCUT2D eigenvalue weighted by atomic mass is 19.4.